The van der Waals surface area contributed by atoms with Gasteiger partial charge in [-0.05, 0) is 24.6 Å². The molecule has 1 heterocycles. The van der Waals surface area contributed by atoms with Crippen LogP contribution in [0.1, 0.15) is 16.7 Å². The predicted octanol–water partition coefficient (Wildman–Crippen LogP) is 3.03. The Balaban J connectivity index is 1.85. The highest BCUT2D eigenvalue weighted by molar-refractivity contribution is 5.89. The lowest BCUT2D eigenvalue weighted by Crippen LogP contribution is -2.43. The second-order valence-corrected chi connectivity index (χ2v) is 6.97. The van der Waals surface area contributed by atoms with Gasteiger partial charge in [-0.25, -0.2) is 9.59 Å². The number of hydrogen-bond donors (Lipinski definition) is 1. The molecule has 1 unspecified atom stereocenters. The summed E-state index contributed by atoms with van der Waals surface area (Å²) < 4.78 is 17.3. The number of methoxy groups -OCH3 is 2. The lowest BCUT2D eigenvalue weighted by Gasteiger charge is -2.17. The summed E-state index contributed by atoms with van der Waals surface area (Å²) in [5, 5.41) is 3.46. The normalized spacial score (nSPS) is 11.6. The molecule has 1 N–H and O–H groups in total. The lowest BCUT2D eigenvalue weighted by molar-refractivity contribution is -0.143. The first-order chi connectivity index (χ1) is 15.0. The van der Waals surface area contributed by atoms with Crippen LogP contribution in [0, 0.1) is 6.92 Å². The van der Waals surface area contributed by atoms with Gasteiger partial charge in [0.05, 0.1) is 19.7 Å². The number of amides is 1. The summed E-state index contributed by atoms with van der Waals surface area (Å²) in [5.74, 6) is -0.152. The molecule has 1 atom stereocenters. The van der Waals surface area contributed by atoms with E-state index in [0.29, 0.717) is 11.4 Å². The van der Waals surface area contributed by atoms with E-state index in [1.165, 1.54) is 21.3 Å². The Morgan fingerprint density at radius 1 is 1.06 bits per heavy atom. The SMILES string of the molecule is COC(=O)C(Cc1c(OC)n(OC)c2ccc(C)cc12)NC(=O)OCc1ccccc1. The number of aromatic nitrogens is 1. The maximum atomic E-state index is 12.4. The van der Waals surface area contributed by atoms with Gasteiger partial charge in [-0.2, -0.15) is 0 Å². The minimum Gasteiger partial charge on any atom is -0.480 e. The van der Waals surface area contributed by atoms with Crippen molar-refractivity contribution in [2.75, 3.05) is 21.3 Å². The zero-order valence-corrected chi connectivity index (χ0v) is 18.0. The first kappa shape index (κ1) is 22.0. The predicted molar refractivity (Wildman–Crippen MR) is 115 cm³/mol. The highest BCUT2D eigenvalue weighted by Gasteiger charge is 2.28. The molecule has 0 aliphatic heterocycles. The van der Waals surface area contributed by atoms with Crippen molar-refractivity contribution in [3.63, 3.8) is 0 Å². The van der Waals surface area contributed by atoms with E-state index in [2.05, 4.69) is 5.32 Å². The maximum Gasteiger partial charge on any atom is 0.408 e. The van der Waals surface area contributed by atoms with Gasteiger partial charge in [-0.15, -0.1) is 4.73 Å². The molecular formula is C23H26N2O6. The molecule has 0 fully saturated rings. The number of alkyl carbamates (subject to hydrolysis) is 1. The van der Waals surface area contributed by atoms with Crippen LogP contribution >= 0.6 is 0 Å². The Hall–Kier alpha value is -3.68. The molecule has 164 valence electrons. The smallest absolute Gasteiger partial charge is 0.408 e. The van der Waals surface area contributed by atoms with Crippen LogP contribution in [0.5, 0.6) is 5.88 Å². The number of benzene rings is 2. The van der Waals surface area contributed by atoms with E-state index in [1.54, 1.807) is 4.73 Å². The summed E-state index contributed by atoms with van der Waals surface area (Å²) in [6, 6.07) is 14.1. The van der Waals surface area contributed by atoms with Crippen LogP contribution in [-0.2, 0) is 27.3 Å². The number of carbonyl (C=O) groups excluding carboxylic acids is 2. The average Bonchev–Trinajstić information content (AvgIpc) is 3.08. The van der Waals surface area contributed by atoms with Gasteiger partial charge < -0.3 is 24.4 Å². The quantitative estimate of drug-likeness (QED) is 0.557. The second kappa shape index (κ2) is 9.88. The Kier molecular flexibility index (Phi) is 7.02. The zero-order chi connectivity index (χ0) is 22.4. The number of esters is 1. The fourth-order valence-electron chi connectivity index (χ4n) is 3.45. The van der Waals surface area contributed by atoms with Crippen molar-refractivity contribution in [3.8, 4) is 5.88 Å². The van der Waals surface area contributed by atoms with Gasteiger partial charge in [0.2, 0.25) is 5.88 Å². The molecule has 1 amide bonds. The van der Waals surface area contributed by atoms with Crippen LogP contribution in [0.25, 0.3) is 10.9 Å². The minimum absolute atomic E-state index is 0.0893. The Labute approximate surface area is 180 Å². The molecule has 8 heteroatoms. The zero-order valence-electron chi connectivity index (χ0n) is 18.0. The topological polar surface area (TPSA) is 88.0 Å². The fraction of sp³-hybridized carbons (Fsp3) is 0.304. The van der Waals surface area contributed by atoms with Gasteiger partial charge in [0.15, 0.2) is 0 Å². The monoisotopic (exact) mass is 426 g/mol. The van der Waals surface area contributed by atoms with Gasteiger partial charge in [-0.1, -0.05) is 42.0 Å². The third-order valence-corrected chi connectivity index (χ3v) is 4.91. The molecule has 0 spiro atoms. The molecule has 0 radical (unpaired) electrons. The average molecular weight is 426 g/mol. The molecule has 31 heavy (non-hydrogen) atoms. The van der Waals surface area contributed by atoms with Crippen LogP contribution in [-0.4, -0.2) is 44.2 Å². The van der Waals surface area contributed by atoms with Gasteiger partial charge in [-0.3, -0.25) is 0 Å². The maximum absolute atomic E-state index is 12.4. The number of nitrogens with one attached hydrogen (secondary N) is 1. The second-order valence-electron chi connectivity index (χ2n) is 6.97. The molecule has 3 rings (SSSR count). The van der Waals surface area contributed by atoms with Crippen LogP contribution in [0.15, 0.2) is 48.5 Å². The van der Waals surface area contributed by atoms with Crippen molar-refractivity contribution >= 4 is 23.0 Å². The van der Waals surface area contributed by atoms with Crippen molar-refractivity contribution in [3.05, 3.63) is 65.2 Å². The number of carbonyl (C=O) groups is 2. The van der Waals surface area contributed by atoms with E-state index in [9.17, 15) is 9.59 Å². The van der Waals surface area contributed by atoms with E-state index in [-0.39, 0.29) is 13.0 Å². The number of aryl methyl sites for hydroxylation is 1. The van der Waals surface area contributed by atoms with Gasteiger partial charge in [0.25, 0.3) is 0 Å². The molecule has 0 saturated heterocycles. The Morgan fingerprint density at radius 3 is 2.45 bits per heavy atom. The number of fused-ring (bicyclic) bond motifs is 1. The number of ether oxygens (including phenoxy) is 3. The van der Waals surface area contributed by atoms with Crippen molar-refractivity contribution in [2.45, 2.75) is 26.0 Å². The van der Waals surface area contributed by atoms with Crippen LogP contribution in [0.2, 0.25) is 0 Å². The summed E-state index contributed by atoms with van der Waals surface area (Å²) in [6.45, 7) is 2.06. The van der Waals surface area contributed by atoms with E-state index in [4.69, 9.17) is 19.0 Å². The molecule has 2 aromatic carbocycles. The number of rotatable bonds is 8. The summed E-state index contributed by atoms with van der Waals surface area (Å²) in [6.07, 6.45) is -0.586. The summed E-state index contributed by atoms with van der Waals surface area (Å²) >= 11 is 0. The fourth-order valence-corrected chi connectivity index (χ4v) is 3.45. The summed E-state index contributed by atoms with van der Waals surface area (Å²) in [5.41, 5.74) is 3.37. The van der Waals surface area contributed by atoms with Gasteiger partial charge in [0.1, 0.15) is 19.8 Å². The number of nitrogens with zero attached hydrogens (tertiary/aromatic N) is 1. The van der Waals surface area contributed by atoms with E-state index < -0.39 is 18.1 Å². The highest BCUT2D eigenvalue weighted by atomic mass is 16.7. The van der Waals surface area contributed by atoms with Gasteiger partial charge in [0, 0.05) is 17.4 Å². The molecule has 8 nitrogen and oxygen atoms in total. The third-order valence-electron chi connectivity index (χ3n) is 4.91. The molecule has 3 aromatic rings. The largest absolute Gasteiger partial charge is 0.480 e. The lowest BCUT2D eigenvalue weighted by atomic mass is 10.0. The molecule has 0 bridgehead atoms. The first-order valence-corrected chi connectivity index (χ1v) is 9.76. The summed E-state index contributed by atoms with van der Waals surface area (Å²) in [4.78, 5) is 30.3. The molecule has 1 aromatic heterocycles. The first-order valence-electron chi connectivity index (χ1n) is 9.76. The van der Waals surface area contributed by atoms with E-state index in [0.717, 1.165) is 22.0 Å². The van der Waals surface area contributed by atoms with Crippen molar-refractivity contribution in [1.29, 1.82) is 0 Å². The van der Waals surface area contributed by atoms with E-state index >= 15 is 0 Å². The third kappa shape index (κ3) is 4.91. The number of hydrogen-bond acceptors (Lipinski definition) is 6. The summed E-state index contributed by atoms with van der Waals surface area (Å²) in [7, 11) is 4.32. The highest BCUT2D eigenvalue weighted by Crippen LogP contribution is 2.33. The molecule has 0 saturated carbocycles. The van der Waals surface area contributed by atoms with Crippen LogP contribution in [0.4, 0.5) is 4.79 Å². The minimum atomic E-state index is -0.974. The van der Waals surface area contributed by atoms with Crippen molar-refractivity contribution < 1.29 is 28.6 Å². The standard InChI is InChI=1S/C23H26N2O6/c1-15-10-11-20-17(12-15)18(21(28-2)25(20)30-4)13-19(22(26)29-3)24-23(27)31-14-16-8-6-5-7-9-16/h5-12,19H,13-14H2,1-4H3,(H,24,27). The van der Waals surface area contributed by atoms with E-state index in [1.807, 2.05) is 55.5 Å². The van der Waals surface area contributed by atoms with Crippen LogP contribution in [0.3, 0.4) is 0 Å². The Morgan fingerprint density at radius 2 is 1.81 bits per heavy atom. The molecule has 0 aliphatic rings. The van der Waals surface area contributed by atoms with Crippen LogP contribution < -0.4 is 14.9 Å². The molecule has 0 aliphatic carbocycles. The van der Waals surface area contributed by atoms with Gasteiger partial charge >= 0.3 is 12.1 Å². The van der Waals surface area contributed by atoms with Crippen molar-refractivity contribution in [2.24, 2.45) is 0 Å². The Bertz CT molecular complexity index is 1060. The van der Waals surface area contributed by atoms with Crippen molar-refractivity contribution in [1.82, 2.24) is 10.0 Å². The molecular weight excluding hydrogens is 400 g/mol.